The topological polar surface area (TPSA) is 74.5 Å². The number of fused-ring (bicyclic) bond motifs is 1. The molecule has 0 amide bonds. The quantitative estimate of drug-likeness (QED) is 0.211. The lowest BCUT2D eigenvalue weighted by Gasteiger charge is -2.15. The minimum absolute atomic E-state index is 0.0994. The molecule has 0 bridgehead atoms. The Kier molecular flexibility index (Phi) is 7.51. The van der Waals surface area contributed by atoms with E-state index in [1.54, 1.807) is 23.2 Å². The molecule has 4 aromatic rings. The molecule has 0 aliphatic rings. The van der Waals surface area contributed by atoms with Crippen LogP contribution in [0.3, 0.4) is 0 Å². The van der Waals surface area contributed by atoms with Gasteiger partial charge in [-0.25, -0.2) is 4.79 Å². The van der Waals surface area contributed by atoms with E-state index >= 15 is 0 Å². The number of benzene rings is 3. The van der Waals surface area contributed by atoms with Crippen molar-refractivity contribution in [3.63, 3.8) is 0 Å². The van der Waals surface area contributed by atoms with Crippen LogP contribution in [0.1, 0.15) is 37.0 Å². The Morgan fingerprint density at radius 2 is 1.66 bits per heavy atom. The number of nitrogens with one attached hydrogen (secondary N) is 1. The molecule has 0 atom stereocenters. The molecule has 8 heteroatoms. The van der Waals surface area contributed by atoms with Crippen molar-refractivity contribution in [1.29, 1.82) is 0 Å². The number of ketones is 1. The van der Waals surface area contributed by atoms with Gasteiger partial charge in [-0.15, -0.1) is 0 Å². The SMILES string of the molecule is CCCOc1cccc(Oc2cc3c(cc2NSc2cccc(C(=O)CC)c2)n(C)c(=O)n3C)c1. The van der Waals surface area contributed by atoms with Gasteiger partial charge in [-0.1, -0.05) is 32.0 Å². The number of hydrogen-bond donors (Lipinski definition) is 1. The number of aromatic nitrogens is 2. The lowest BCUT2D eigenvalue weighted by Crippen LogP contribution is -2.19. The fourth-order valence-electron chi connectivity index (χ4n) is 3.72. The highest BCUT2D eigenvalue weighted by atomic mass is 32.2. The van der Waals surface area contributed by atoms with Gasteiger partial charge in [-0.05, 0) is 48.7 Å². The maximum atomic E-state index is 12.5. The molecule has 0 fully saturated rings. The van der Waals surface area contributed by atoms with E-state index in [0.29, 0.717) is 35.8 Å². The molecule has 1 N–H and O–H groups in total. The molecular weight excluding hydrogens is 462 g/mol. The van der Waals surface area contributed by atoms with Crippen molar-refractivity contribution in [3.05, 3.63) is 76.7 Å². The van der Waals surface area contributed by atoms with Crippen LogP contribution >= 0.6 is 11.9 Å². The lowest BCUT2D eigenvalue weighted by atomic mass is 10.1. The monoisotopic (exact) mass is 491 g/mol. The maximum Gasteiger partial charge on any atom is 0.328 e. The van der Waals surface area contributed by atoms with Gasteiger partial charge >= 0.3 is 5.69 Å². The van der Waals surface area contributed by atoms with Gasteiger partial charge in [-0.3, -0.25) is 13.9 Å². The summed E-state index contributed by atoms with van der Waals surface area (Å²) < 4.78 is 18.6. The Labute approximate surface area is 208 Å². The van der Waals surface area contributed by atoms with Gasteiger partial charge in [0.25, 0.3) is 0 Å². The van der Waals surface area contributed by atoms with Crippen LogP contribution in [-0.2, 0) is 14.1 Å². The molecule has 1 aromatic heterocycles. The number of rotatable bonds is 10. The van der Waals surface area contributed by atoms with E-state index in [1.165, 1.54) is 11.9 Å². The van der Waals surface area contributed by atoms with Gasteiger partial charge in [-0.2, -0.15) is 0 Å². The van der Waals surface area contributed by atoms with Gasteiger partial charge < -0.3 is 14.2 Å². The molecule has 0 unspecified atom stereocenters. The molecule has 3 aromatic carbocycles. The van der Waals surface area contributed by atoms with E-state index in [4.69, 9.17) is 9.47 Å². The number of imidazole rings is 1. The molecule has 0 aliphatic heterocycles. The fourth-order valence-corrected chi connectivity index (χ4v) is 4.44. The largest absolute Gasteiger partial charge is 0.493 e. The summed E-state index contributed by atoms with van der Waals surface area (Å²) in [6.07, 6.45) is 1.37. The number of hydrogen-bond acceptors (Lipinski definition) is 6. The van der Waals surface area contributed by atoms with Gasteiger partial charge in [0.1, 0.15) is 11.5 Å². The van der Waals surface area contributed by atoms with E-state index in [1.807, 2.05) is 67.6 Å². The first-order valence-corrected chi connectivity index (χ1v) is 12.4. The Bertz CT molecular complexity index is 1420. The van der Waals surface area contributed by atoms with E-state index < -0.39 is 0 Å². The minimum atomic E-state index is -0.114. The zero-order chi connectivity index (χ0) is 24.9. The summed E-state index contributed by atoms with van der Waals surface area (Å²) in [5.74, 6) is 2.03. The van der Waals surface area contributed by atoms with Crippen molar-refractivity contribution in [2.24, 2.45) is 14.1 Å². The summed E-state index contributed by atoms with van der Waals surface area (Å²) in [7, 11) is 3.49. The van der Waals surface area contributed by atoms with Crippen molar-refractivity contribution in [2.75, 3.05) is 11.3 Å². The predicted molar refractivity (Wildman–Crippen MR) is 141 cm³/mol. The second kappa shape index (κ2) is 10.7. The molecule has 0 spiro atoms. The smallest absolute Gasteiger partial charge is 0.328 e. The third kappa shape index (κ3) is 5.38. The number of aryl methyl sites for hydroxylation is 2. The van der Waals surface area contributed by atoms with Crippen LogP contribution in [0.4, 0.5) is 5.69 Å². The van der Waals surface area contributed by atoms with Crippen LogP contribution < -0.4 is 19.9 Å². The average Bonchev–Trinajstić information content (AvgIpc) is 3.09. The Morgan fingerprint density at radius 1 is 0.943 bits per heavy atom. The molecule has 4 rings (SSSR count). The standard InChI is InChI=1S/C27H29N3O4S/c1-5-13-33-19-10-8-11-20(15-19)34-26-17-24-23(29(3)27(32)30(24)4)16-22(26)28-35-21-12-7-9-18(14-21)25(31)6-2/h7-12,14-17,28H,5-6,13H2,1-4H3. The van der Waals surface area contributed by atoms with Crippen LogP contribution in [0.2, 0.25) is 0 Å². The summed E-state index contributed by atoms with van der Waals surface area (Å²) in [5.41, 5.74) is 2.81. The van der Waals surface area contributed by atoms with Crippen LogP contribution in [-0.4, -0.2) is 21.5 Å². The third-order valence-corrected chi connectivity index (χ3v) is 6.45. The molecule has 0 aliphatic carbocycles. The summed E-state index contributed by atoms with van der Waals surface area (Å²) in [6.45, 7) is 4.54. The summed E-state index contributed by atoms with van der Waals surface area (Å²) in [6, 6.07) is 18.8. The zero-order valence-electron chi connectivity index (χ0n) is 20.3. The normalized spacial score (nSPS) is 11.0. The van der Waals surface area contributed by atoms with Crippen molar-refractivity contribution in [2.45, 2.75) is 31.6 Å². The summed E-state index contributed by atoms with van der Waals surface area (Å²) in [5, 5.41) is 0. The summed E-state index contributed by atoms with van der Waals surface area (Å²) in [4.78, 5) is 25.5. The van der Waals surface area contributed by atoms with Crippen molar-refractivity contribution in [3.8, 4) is 17.2 Å². The molecule has 35 heavy (non-hydrogen) atoms. The first-order chi connectivity index (χ1) is 16.9. The zero-order valence-corrected chi connectivity index (χ0v) is 21.1. The molecule has 0 radical (unpaired) electrons. The number of anilines is 1. The van der Waals surface area contributed by atoms with E-state index in [-0.39, 0.29) is 11.5 Å². The van der Waals surface area contributed by atoms with E-state index in [9.17, 15) is 9.59 Å². The maximum absolute atomic E-state index is 12.5. The van der Waals surface area contributed by atoms with E-state index in [2.05, 4.69) is 11.6 Å². The van der Waals surface area contributed by atoms with Crippen molar-refractivity contribution >= 4 is 34.5 Å². The minimum Gasteiger partial charge on any atom is -0.493 e. The van der Waals surface area contributed by atoms with Crippen LogP contribution in [0.5, 0.6) is 17.2 Å². The Hall–Kier alpha value is -3.65. The van der Waals surface area contributed by atoms with Crippen molar-refractivity contribution < 1.29 is 14.3 Å². The highest BCUT2D eigenvalue weighted by molar-refractivity contribution is 8.00. The molecule has 7 nitrogen and oxygen atoms in total. The highest BCUT2D eigenvalue weighted by Gasteiger charge is 2.15. The number of ether oxygens (including phenoxy) is 2. The lowest BCUT2D eigenvalue weighted by molar-refractivity contribution is 0.0988. The van der Waals surface area contributed by atoms with Gasteiger partial charge in [0.2, 0.25) is 0 Å². The second-order valence-corrected chi connectivity index (χ2v) is 9.05. The van der Waals surface area contributed by atoms with Gasteiger partial charge in [0.05, 0.1) is 23.3 Å². The first-order valence-electron chi connectivity index (χ1n) is 11.6. The van der Waals surface area contributed by atoms with Crippen molar-refractivity contribution in [1.82, 2.24) is 9.13 Å². The van der Waals surface area contributed by atoms with Gasteiger partial charge in [0, 0.05) is 43.1 Å². The fraction of sp³-hybridized carbons (Fsp3) is 0.259. The number of nitrogens with zero attached hydrogens (tertiary/aromatic N) is 2. The number of Topliss-reactive ketones (excluding diaryl/α,β-unsaturated/α-hetero) is 1. The second-order valence-electron chi connectivity index (χ2n) is 8.17. The molecule has 1 heterocycles. The van der Waals surface area contributed by atoms with Crippen LogP contribution in [0, 0.1) is 0 Å². The molecule has 182 valence electrons. The average molecular weight is 492 g/mol. The predicted octanol–water partition coefficient (Wildman–Crippen LogP) is 6.17. The highest BCUT2D eigenvalue weighted by Crippen LogP contribution is 2.37. The first kappa shape index (κ1) is 24.5. The van der Waals surface area contributed by atoms with Gasteiger partial charge in [0.15, 0.2) is 11.5 Å². The molecule has 0 saturated carbocycles. The summed E-state index contributed by atoms with van der Waals surface area (Å²) >= 11 is 1.38. The Balaban J connectivity index is 1.69. The third-order valence-electron chi connectivity index (χ3n) is 5.64. The van der Waals surface area contributed by atoms with Crippen LogP contribution in [0.15, 0.2) is 70.4 Å². The molecular formula is C27H29N3O4S. The van der Waals surface area contributed by atoms with E-state index in [0.717, 1.165) is 28.1 Å². The molecule has 0 saturated heterocycles. The Morgan fingerprint density at radius 3 is 2.40 bits per heavy atom. The van der Waals surface area contributed by atoms with Crippen LogP contribution in [0.25, 0.3) is 11.0 Å². The number of carbonyl (C=O) groups is 1. The number of carbonyl (C=O) groups excluding carboxylic acids is 1.